The Kier molecular flexibility index (Phi) is 5.45. The van der Waals surface area contributed by atoms with Crippen LogP contribution in [0.2, 0.25) is 0 Å². The second kappa shape index (κ2) is 6.44. The molecule has 106 valence electrons. The predicted molar refractivity (Wildman–Crippen MR) is 70.9 cm³/mol. The van der Waals surface area contributed by atoms with E-state index < -0.39 is 21.8 Å². The number of benzene rings is 1. The highest BCUT2D eigenvalue weighted by molar-refractivity contribution is 9.10. The molecule has 0 aliphatic heterocycles. The summed E-state index contributed by atoms with van der Waals surface area (Å²) in [6, 6.07) is 2.31. The summed E-state index contributed by atoms with van der Waals surface area (Å²) in [6.45, 7) is 1.50. The van der Waals surface area contributed by atoms with Crippen LogP contribution >= 0.6 is 15.9 Å². The highest BCUT2D eigenvalue weighted by Gasteiger charge is 2.18. The lowest BCUT2D eigenvalue weighted by molar-refractivity contribution is -0.137. The molecule has 0 unspecified atom stereocenters. The fourth-order valence-electron chi connectivity index (χ4n) is 1.44. The predicted octanol–water partition coefficient (Wildman–Crippen LogP) is 2.04. The van der Waals surface area contributed by atoms with Crippen LogP contribution in [0.15, 0.2) is 21.5 Å². The van der Waals surface area contributed by atoms with Gasteiger partial charge in [-0.25, -0.2) is 17.5 Å². The van der Waals surface area contributed by atoms with Crippen molar-refractivity contribution in [2.24, 2.45) is 0 Å². The third kappa shape index (κ3) is 4.55. The molecule has 0 aromatic heterocycles. The van der Waals surface area contributed by atoms with Crippen LogP contribution < -0.4 is 4.72 Å². The van der Waals surface area contributed by atoms with E-state index in [1.54, 1.807) is 0 Å². The molecular weight excluding hydrogens is 341 g/mol. The summed E-state index contributed by atoms with van der Waals surface area (Å²) in [5.41, 5.74) is 0.284. The number of aryl methyl sites for hydroxylation is 1. The van der Waals surface area contributed by atoms with Crippen LogP contribution in [0.5, 0.6) is 0 Å². The number of halogens is 2. The first-order valence-corrected chi connectivity index (χ1v) is 7.69. The molecule has 5 nitrogen and oxygen atoms in total. The second-order valence-electron chi connectivity index (χ2n) is 3.93. The van der Waals surface area contributed by atoms with Crippen molar-refractivity contribution in [1.82, 2.24) is 4.72 Å². The Hall–Kier alpha value is -0.990. The van der Waals surface area contributed by atoms with Crippen molar-refractivity contribution in [3.05, 3.63) is 28.0 Å². The maximum atomic E-state index is 13.2. The molecule has 0 atom stereocenters. The lowest BCUT2D eigenvalue weighted by Gasteiger charge is -2.10. The molecule has 1 rings (SSSR count). The van der Waals surface area contributed by atoms with E-state index >= 15 is 0 Å². The van der Waals surface area contributed by atoms with E-state index in [1.807, 2.05) is 0 Å². The molecule has 0 fully saturated rings. The van der Waals surface area contributed by atoms with E-state index in [-0.39, 0.29) is 34.3 Å². The van der Waals surface area contributed by atoms with Gasteiger partial charge in [0.2, 0.25) is 10.0 Å². The summed E-state index contributed by atoms with van der Waals surface area (Å²) in [5.74, 6) is -1.53. The van der Waals surface area contributed by atoms with Crippen LogP contribution in [-0.4, -0.2) is 26.0 Å². The van der Waals surface area contributed by atoms with Gasteiger partial charge in [0.15, 0.2) is 0 Å². The Morgan fingerprint density at radius 2 is 2.11 bits per heavy atom. The first-order valence-electron chi connectivity index (χ1n) is 5.41. The molecule has 0 radical (unpaired) electrons. The number of carbonyl (C=O) groups is 1. The molecule has 1 aromatic rings. The standard InChI is InChI=1S/C11H13BrFNO4S/c1-7-5-9(13)8(12)6-10(7)19(17,18)14-4-2-3-11(15)16/h5-6,14H,2-4H2,1H3,(H,15,16). The molecule has 0 amide bonds. The van der Waals surface area contributed by atoms with E-state index in [9.17, 15) is 17.6 Å². The van der Waals surface area contributed by atoms with Crippen molar-refractivity contribution in [3.8, 4) is 0 Å². The number of nitrogens with one attached hydrogen (secondary N) is 1. The van der Waals surface area contributed by atoms with Gasteiger partial charge in [-0.2, -0.15) is 0 Å². The van der Waals surface area contributed by atoms with Crippen molar-refractivity contribution < 1.29 is 22.7 Å². The zero-order valence-corrected chi connectivity index (χ0v) is 12.5. The molecule has 19 heavy (non-hydrogen) atoms. The molecule has 0 saturated carbocycles. The average molecular weight is 354 g/mol. The Labute approximate surface area is 119 Å². The quantitative estimate of drug-likeness (QED) is 0.766. The summed E-state index contributed by atoms with van der Waals surface area (Å²) >= 11 is 2.93. The Morgan fingerprint density at radius 3 is 2.68 bits per heavy atom. The minimum absolute atomic E-state index is 0.0169. The van der Waals surface area contributed by atoms with Crippen LogP contribution in [-0.2, 0) is 14.8 Å². The fourth-order valence-corrected chi connectivity index (χ4v) is 3.26. The normalized spacial score (nSPS) is 11.5. The monoisotopic (exact) mass is 353 g/mol. The zero-order valence-electron chi connectivity index (χ0n) is 10.1. The summed E-state index contributed by atoms with van der Waals surface area (Å²) in [4.78, 5) is 10.3. The molecule has 8 heteroatoms. The Balaban J connectivity index is 2.83. The number of aliphatic carboxylic acids is 1. The molecular formula is C11H13BrFNO4S. The number of hydrogen-bond donors (Lipinski definition) is 2. The first kappa shape index (κ1) is 16.1. The van der Waals surface area contributed by atoms with Gasteiger partial charge in [0.1, 0.15) is 5.82 Å². The van der Waals surface area contributed by atoms with Gasteiger partial charge in [0.25, 0.3) is 0 Å². The number of carboxylic acids is 1. The molecule has 0 heterocycles. The SMILES string of the molecule is Cc1cc(F)c(Br)cc1S(=O)(=O)NCCCC(=O)O. The zero-order chi connectivity index (χ0) is 14.6. The van der Waals surface area contributed by atoms with Crippen LogP contribution in [0.25, 0.3) is 0 Å². The van der Waals surface area contributed by atoms with Crippen molar-refractivity contribution in [3.63, 3.8) is 0 Å². The molecule has 2 N–H and O–H groups in total. The minimum Gasteiger partial charge on any atom is -0.481 e. The van der Waals surface area contributed by atoms with Crippen molar-refractivity contribution in [1.29, 1.82) is 0 Å². The van der Waals surface area contributed by atoms with Crippen molar-refractivity contribution >= 4 is 31.9 Å². The number of rotatable bonds is 6. The van der Waals surface area contributed by atoms with Crippen LogP contribution in [0.1, 0.15) is 18.4 Å². The van der Waals surface area contributed by atoms with Gasteiger partial charge < -0.3 is 5.11 Å². The number of sulfonamides is 1. The number of hydrogen-bond acceptors (Lipinski definition) is 3. The van der Waals surface area contributed by atoms with Gasteiger partial charge in [0, 0.05) is 13.0 Å². The third-order valence-corrected chi connectivity index (χ3v) is 4.58. The lowest BCUT2D eigenvalue weighted by atomic mass is 10.2. The topological polar surface area (TPSA) is 83.5 Å². The van der Waals surface area contributed by atoms with Crippen LogP contribution in [0.4, 0.5) is 4.39 Å². The van der Waals surface area contributed by atoms with Gasteiger partial charge in [-0.3, -0.25) is 4.79 Å². The maximum Gasteiger partial charge on any atom is 0.303 e. The highest BCUT2D eigenvalue weighted by Crippen LogP contribution is 2.23. The fraction of sp³-hybridized carbons (Fsp3) is 0.364. The molecule has 0 aliphatic rings. The smallest absolute Gasteiger partial charge is 0.303 e. The van der Waals surface area contributed by atoms with E-state index in [2.05, 4.69) is 20.7 Å². The molecule has 0 bridgehead atoms. The maximum absolute atomic E-state index is 13.2. The summed E-state index contributed by atoms with van der Waals surface area (Å²) in [5, 5.41) is 8.45. The van der Waals surface area contributed by atoms with Gasteiger partial charge in [-0.05, 0) is 47.0 Å². The second-order valence-corrected chi connectivity index (χ2v) is 6.52. The molecule has 0 aliphatic carbocycles. The molecule has 0 saturated heterocycles. The van der Waals surface area contributed by atoms with E-state index in [0.29, 0.717) is 0 Å². The average Bonchev–Trinajstić information content (AvgIpc) is 2.29. The summed E-state index contributed by atoms with van der Waals surface area (Å²) in [7, 11) is -3.77. The largest absolute Gasteiger partial charge is 0.481 e. The summed E-state index contributed by atoms with van der Waals surface area (Å²) < 4.78 is 39.5. The Morgan fingerprint density at radius 1 is 1.47 bits per heavy atom. The first-order chi connectivity index (χ1) is 8.74. The van der Waals surface area contributed by atoms with Crippen LogP contribution in [0.3, 0.4) is 0 Å². The Bertz CT molecular complexity index is 589. The van der Waals surface area contributed by atoms with Gasteiger partial charge in [-0.1, -0.05) is 0 Å². The minimum atomic E-state index is -3.77. The third-order valence-electron chi connectivity index (χ3n) is 2.37. The number of carboxylic acid groups (broad SMARTS) is 1. The van der Waals surface area contributed by atoms with Gasteiger partial charge in [-0.15, -0.1) is 0 Å². The van der Waals surface area contributed by atoms with E-state index in [1.165, 1.54) is 13.0 Å². The molecule has 1 aromatic carbocycles. The molecule has 0 spiro atoms. The summed E-state index contributed by atoms with van der Waals surface area (Å²) in [6.07, 6.45) is 0.0740. The van der Waals surface area contributed by atoms with Crippen molar-refractivity contribution in [2.45, 2.75) is 24.7 Å². The van der Waals surface area contributed by atoms with Gasteiger partial charge >= 0.3 is 5.97 Å². The lowest BCUT2D eigenvalue weighted by Crippen LogP contribution is -2.26. The van der Waals surface area contributed by atoms with E-state index in [4.69, 9.17) is 5.11 Å². The van der Waals surface area contributed by atoms with Gasteiger partial charge in [0.05, 0.1) is 9.37 Å². The highest BCUT2D eigenvalue weighted by atomic mass is 79.9. The van der Waals surface area contributed by atoms with Crippen molar-refractivity contribution in [2.75, 3.05) is 6.54 Å². The van der Waals surface area contributed by atoms with Crippen LogP contribution in [0, 0.1) is 12.7 Å². The van der Waals surface area contributed by atoms with E-state index in [0.717, 1.165) is 6.07 Å².